The normalized spacial score (nSPS) is 19.1. The van der Waals surface area contributed by atoms with Crippen molar-refractivity contribution in [3.63, 3.8) is 0 Å². The lowest BCUT2D eigenvalue weighted by Gasteiger charge is -2.14. The zero-order chi connectivity index (χ0) is 12.8. The summed E-state index contributed by atoms with van der Waals surface area (Å²) < 4.78 is 2.01. The highest BCUT2D eigenvalue weighted by atomic mass is 127. The summed E-state index contributed by atoms with van der Waals surface area (Å²) >= 11 is 2.05. The van der Waals surface area contributed by atoms with Gasteiger partial charge in [0.1, 0.15) is 5.82 Å². The average Bonchev–Trinajstić information content (AvgIpc) is 3.01. The molecule has 1 unspecified atom stereocenters. The van der Waals surface area contributed by atoms with Gasteiger partial charge in [0.2, 0.25) is 0 Å². The maximum atomic E-state index is 4.27. The fourth-order valence-electron chi connectivity index (χ4n) is 1.97. The number of nitrogens with one attached hydrogen (secondary N) is 2. The topological polar surface area (TPSA) is 54.2 Å². The Labute approximate surface area is 136 Å². The van der Waals surface area contributed by atoms with Gasteiger partial charge in [0.15, 0.2) is 5.96 Å². The standard InChI is InChI=1S/C12H21N5S.HI/c1-13-12(15-8-10-4-3-7-18-10)16-9-11-14-5-6-17(11)2;/h5-6,10H,3-4,7-9H2,1-2H3,(H2,13,15,16);1H. The summed E-state index contributed by atoms with van der Waals surface area (Å²) in [7, 11) is 3.80. The minimum absolute atomic E-state index is 0. The number of aliphatic imine (C=N–C) groups is 1. The smallest absolute Gasteiger partial charge is 0.191 e. The maximum absolute atomic E-state index is 4.27. The molecule has 1 aliphatic rings. The molecular formula is C12H22IN5S. The first-order chi connectivity index (χ1) is 8.79. The lowest BCUT2D eigenvalue weighted by atomic mass is 10.2. The molecule has 1 aromatic heterocycles. The summed E-state index contributed by atoms with van der Waals surface area (Å²) in [5.74, 6) is 3.16. The average molecular weight is 395 g/mol. The third kappa shape index (κ3) is 5.21. The van der Waals surface area contributed by atoms with Gasteiger partial charge in [0.05, 0.1) is 6.54 Å². The van der Waals surface area contributed by atoms with Crippen molar-refractivity contribution in [1.29, 1.82) is 0 Å². The molecule has 2 N–H and O–H groups in total. The number of halogens is 1. The molecule has 0 bridgehead atoms. The zero-order valence-electron chi connectivity index (χ0n) is 11.4. The number of imidazole rings is 1. The molecule has 1 aliphatic heterocycles. The fourth-order valence-corrected chi connectivity index (χ4v) is 3.17. The Morgan fingerprint density at radius 1 is 1.58 bits per heavy atom. The molecule has 0 aliphatic carbocycles. The van der Waals surface area contributed by atoms with Crippen LogP contribution in [0.4, 0.5) is 0 Å². The SMILES string of the molecule is CN=C(NCc1nccn1C)NCC1CCCS1.I. The maximum Gasteiger partial charge on any atom is 0.191 e. The van der Waals surface area contributed by atoms with Crippen LogP contribution in [0, 0.1) is 0 Å². The van der Waals surface area contributed by atoms with Gasteiger partial charge < -0.3 is 15.2 Å². The molecule has 1 aromatic rings. The molecule has 5 nitrogen and oxygen atoms in total. The van der Waals surface area contributed by atoms with Crippen LogP contribution in [0.5, 0.6) is 0 Å². The van der Waals surface area contributed by atoms with E-state index >= 15 is 0 Å². The summed E-state index contributed by atoms with van der Waals surface area (Å²) in [4.78, 5) is 8.50. The molecule has 0 amide bonds. The quantitative estimate of drug-likeness (QED) is 0.462. The van der Waals surface area contributed by atoms with Crippen molar-refractivity contribution < 1.29 is 0 Å². The Morgan fingerprint density at radius 3 is 3.00 bits per heavy atom. The molecule has 0 aromatic carbocycles. The number of guanidine groups is 1. The minimum atomic E-state index is 0. The molecule has 108 valence electrons. The number of rotatable bonds is 4. The molecule has 1 fully saturated rings. The van der Waals surface area contributed by atoms with Crippen molar-refractivity contribution in [3.8, 4) is 0 Å². The van der Waals surface area contributed by atoms with Crippen LogP contribution in [0.1, 0.15) is 18.7 Å². The molecule has 7 heteroatoms. The second kappa shape index (κ2) is 8.68. The summed E-state index contributed by atoms with van der Waals surface area (Å²) in [6.07, 6.45) is 6.41. The monoisotopic (exact) mass is 395 g/mol. The molecule has 19 heavy (non-hydrogen) atoms. The van der Waals surface area contributed by atoms with E-state index in [0.717, 1.165) is 23.6 Å². The first-order valence-corrected chi connectivity index (χ1v) is 7.37. The van der Waals surface area contributed by atoms with Crippen LogP contribution in [0.2, 0.25) is 0 Å². The summed E-state index contributed by atoms with van der Waals surface area (Å²) in [6.45, 7) is 1.69. The van der Waals surface area contributed by atoms with Gasteiger partial charge in [-0.25, -0.2) is 4.98 Å². The minimum Gasteiger partial charge on any atom is -0.355 e. The van der Waals surface area contributed by atoms with Crippen LogP contribution in [0.15, 0.2) is 17.4 Å². The van der Waals surface area contributed by atoms with Crippen molar-refractivity contribution in [1.82, 2.24) is 20.2 Å². The van der Waals surface area contributed by atoms with E-state index in [9.17, 15) is 0 Å². The largest absolute Gasteiger partial charge is 0.355 e. The van der Waals surface area contributed by atoms with Crippen LogP contribution in [-0.2, 0) is 13.6 Å². The van der Waals surface area contributed by atoms with Gasteiger partial charge in [-0.15, -0.1) is 24.0 Å². The van der Waals surface area contributed by atoms with Gasteiger partial charge >= 0.3 is 0 Å². The van der Waals surface area contributed by atoms with E-state index in [0.29, 0.717) is 6.54 Å². The zero-order valence-corrected chi connectivity index (χ0v) is 14.6. The number of hydrogen-bond acceptors (Lipinski definition) is 3. The van der Waals surface area contributed by atoms with E-state index in [-0.39, 0.29) is 24.0 Å². The second-order valence-corrected chi connectivity index (χ2v) is 5.80. The van der Waals surface area contributed by atoms with Crippen molar-refractivity contribution in [2.45, 2.75) is 24.6 Å². The Hall–Kier alpha value is -0.440. The molecular weight excluding hydrogens is 373 g/mol. The van der Waals surface area contributed by atoms with E-state index in [1.165, 1.54) is 18.6 Å². The number of aromatic nitrogens is 2. The van der Waals surface area contributed by atoms with Crippen molar-refractivity contribution in [2.24, 2.45) is 12.0 Å². The third-order valence-corrected chi connectivity index (χ3v) is 4.48. The van der Waals surface area contributed by atoms with Crippen LogP contribution < -0.4 is 10.6 Å². The van der Waals surface area contributed by atoms with E-state index in [2.05, 4.69) is 32.4 Å². The van der Waals surface area contributed by atoms with Crippen LogP contribution >= 0.6 is 35.7 Å². The van der Waals surface area contributed by atoms with Crippen LogP contribution in [-0.4, -0.2) is 40.1 Å². The molecule has 1 saturated heterocycles. The second-order valence-electron chi connectivity index (χ2n) is 4.40. The Bertz CT molecular complexity index is 401. The van der Waals surface area contributed by atoms with Crippen molar-refractivity contribution in [3.05, 3.63) is 18.2 Å². The summed E-state index contributed by atoms with van der Waals surface area (Å²) in [5, 5.41) is 7.39. The van der Waals surface area contributed by atoms with Gasteiger partial charge in [-0.1, -0.05) is 0 Å². The number of hydrogen-bond donors (Lipinski definition) is 2. The molecule has 0 spiro atoms. The number of aryl methyl sites for hydroxylation is 1. The van der Waals surface area contributed by atoms with Crippen molar-refractivity contribution >= 4 is 41.7 Å². The first-order valence-electron chi connectivity index (χ1n) is 6.32. The van der Waals surface area contributed by atoms with Gasteiger partial charge in [-0.3, -0.25) is 4.99 Å². The predicted molar refractivity (Wildman–Crippen MR) is 92.3 cm³/mol. The number of nitrogens with zero attached hydrogens (tertiary/aromatic N) is 3. The number of thioether (sulfide) groups is 1. The first kappa shape index (κ1) is 16.6. The van der Waals surface area contributed by atoms with E-state index in [1.807, 2.05) is 24.0 Å². The van der Waals surface area contributed by atoms with Gasteiger partial charge in [-0.05, 0) is 18.6 Å². The van der Waals surface area contributed by atoms with E-state index in [1.54, 1.807) is 7.05 Å². The van der Waals surface area contributed by atoms with Crippen LogP contribution in [0.3, 0.4) is 0 Å². The summed E-state index contributed by atoms with van der Waals surface area (Å²) in [5.41, 5.74) is 0. The van der Waals surface area contributed by atoms with Crippen LogP contribution in [0.25, 0.3) is 0 Å². The molecule has 2 heterocycles. The third-order valence-electron chi connectivity index (χ3n) is 3.08. The lowest BCUT2D eigenvalue weighted by Crippen LogP contribution is -2.40. The van der Waals surface area contributed by atoms with Crippen molar-refractivity contribution in [2.75, 3.05) is 19.3 Å². The summed E-state index contributed by atoms with van der Waals surface area (Å²) in [6, 6.07) is 0. The molecule has 0 saturated carbocycles. The highest BCUT2D eigenvalue weighted by Gasteiger charge is 2.15. The van der Waals surface area contributed by atoms with Gasteiger partial charge in [-0.2, -0.15) is 11.8 Å². The Balaban J connectivity index is 0.00000180. The Kier molecular flexibility index (Phi) is 7.59. The lowest BCUT2D eigenvalue weighted by molar-refractivity contribution is 0.704. The van der Waals surface area contributed by atoms with Gasteiger partial charge in [0, 0.05) is 38.3 Å². The highest BCUT2D eigenvalue weighted by molar-refractivity contribution is 14.0. The fraction of sp³-hybridized carbons (Fsp3) is 0.667. The van der Waals surface area contributed by atoms with E-state index < -0.39 is 0 Å². The molecule has 1 atom stereocenters. The van der Waals surface area contributed by atoms with E-state index in [4.69, 9.17) is 0 Å². The predicted octanol–water partition coefficient (Wildman–Crippen LogP) is 1.60. The highest BCUT2D eigenvalue weighted by Crippen LogP contribution is 2.25. The molecule has 0 radical (unpaired) electrons. The molecule has 2 rings (SSSR count). The van der Waals surface area contributed by atoms with Gasteiger partial charge in [0.25, 0.3) is 0 Å². The Morgan fingerprint density at radius 2 is 2.42 bits per heavy atom.